The predicted molar refractivity (Wildman–Crippen MR) is 81.6 cm³/mol. The third-order valence-electron chi connectivity index (χ3n) is 4.42. The highest BCUT2D eigenvalue weighted by molar-refractivity contribution is 5.83. The molecule has 0 radical (unpaired) electrons. The van der Waals surface area contributed by atoms with Gasteiger partial charge in [0.15, 0.2) is 0 Å². The molecule has 3 atom stereocenters. The molecule has 0 spiro atoms. The van der Waals surface area contributed by atoms with Crippen molar-refractivity contribution in [2.75, 3.05) is 13.7 Å². The molecule has 2 rings (SSSR count). The van der Waals surface area contributed by atoms with Gasteiger partial charge in [-0.25, -0.2) is 4.79 Å². The lowest BCUT2D eigenvalue weighted by Gasteiger charge is -2.49. The van der Waals surface area contributed by atoms with Crippen molar-refractivity contribution < 1.29 is 45.8 Å². The van der Waals surface area contributed by atoms with Crippen molar-refractivity contribution in [3.63, 3.8) is 0 Å². The molecule has 1 heterocycles. The molecule has 6 nitrogen and oxygen atoms in total. The van der Waals surface area contributed by atoms with Crippen LogP contribution in [0.2, 0.25) is 0 Å². The van der Waals surface area contributed by atoms with Crippen LogP contribution in [0.15, 0.2) is 24.3 Å². The highest BCUT2D eigenvalue weighted by atomic mass is 19.4. The number of esters is 1. The molecule has 1 fully saturated rings. The van der Waals surface area contributed by atoms with E-state index in [1.165, 1.54) is 6.92 Å². The molecule has 0 aromatic heterocycles. The zero-order valence-electron chi connectivity index (χ0n) is 14.6. The second-order valence-electron chi connectivity index (χ2n) is 6.06. The van der Waals surface area contributed by atoms with Crippen LogP contribution in [0.4, 0.5) is 31.1 Å². The Balaban J connectivity index is 2.60. The van der Waals surface area contributed by atoms with Crippen LogP contribution in [-0.2, 0) is 15.7 Å². The molecule has 1 aliphatic heterocycles. The average Bonchev–Trinajstić information content (AvgIpc) is 2.57. The maximum absolute atomic E-state index is 13.7. The summed E-state index contributed by atoms with van der Waals surface area (Å²) in [6, 6.07) is -0.324. The maximum Gasteiger partial charge on any atom is 0.437 e. The Morgan fingerprint density at radius 2 is 1.75 bits per heavy atom. The quantitative estimate of drug-likeness (QED) is 0.589. The molecule has 2 amide bonds. The van der Waals surface area contributed by atoms with E-state index in [9.17, 15) is 41.0 Å². The summed E-state index contributed by atoms with van der Waals surface area (Å²) in [5.74, 6) is -3.86. The van der Waals surface area contributed by atoms with Gasteiger partial charge < -0.3 is 15.2 Å². The van der Waals surface area contributed by atoms with Crippen molar-refractivity contribution in [1.29, 1.82) is 0 Å². The number of rotatable bonds is 3. The molecule has 156 valence electrons. The van der Waals surface area contributed by atoms with Gasteiger partial charge in [0, 0.05) is 7.05 Å². The van der Waals surface area contributed by atoms with Crippen molar-refractivity contribution in [2.45, 2.75) is 31.0 Å². The van der Waals surface area contributed by atoms with Crippen LogP contribution in [0.5, 0.6) is 0 Å². The minimum Gasteiger partial charge on any atom is -0.466 e. The summed E-state index contributed by atoms with van der Waals surface area (Å²) in [4.78, 5) is 24.2. The summed E-state index contributed by atoms with van der Waals surface area (Å²) in [5.41, 5.74) is -5.25. The van der Waals surface area contributed by atoms with E-state index in [4.69, 9.17) is 0 Å². The number of carbonyl (C=O) groups excluding carboxylic acids is 2. The van der Waals surface area contributed by atoms with Crippen molar-refractivity contribution in [3.8, 4) is 0 Å². The van der Waals surface area contributed by atoms with E-state index in [2.05, 4.69) is 10.1 Å². The van der Waals surface area contributed by atoms with Crippen molar-refractivity contribution >= 4 is 12.0 Å². The van der Waals surface area contributed by atoms with Gasteiger partial charge in [0.05, 0.1) is 18.2 Å². The summed E-state index contributed by atoms with van der Waals surface area (Å²) in [5, 5.41) is 12.5. The van der Waals surface area contributed by atoms with Crippen LogP contribution >= 0.6 is 0 Å². The normalized spacial score (nSPS) is 26.0. The number of benzene rings is 1. The number of hydrogen-bond acceptors (Lipinski definition) is 4. The van der Waals surface area contributed by atoms with Crippen LogP contribution in [0.1, 0.15) is 24.1 Å². The first-order valence-electron chi connectivity index (χ1n) is 7.92. The monoisotopic (exact) mass is 414 g/mol. The lowest BCUT2D eigenvalue weighted by molar-refractivity contribution is -0.328. The molecular formula is C16H16F6N2O4. The van der Waals surface area contributed by atoms with Crippen molar-refractivity contribution in [1.82, 2.24) is 10.2 Å². The summed E-state index contributed by atoms with van der Waals surface area (Å²) < 4.78 is 83.8. The van der Waals surface area contributed by atoms with E-state index < -0.39 is 47.6 Å². The van der Waals surface area contributed by atoms with Gasteiger partial charge >= 0.3 is 24.4 Å². The fraction of sp³-hybridized carbons (Fsp3) is 0.500. The molecule has 0 saturated carbocycles. The first-order chi connectivity index (χ1) is 12.7. The third-order valence-corrected chi connectivity index (χ3v) is 4.42. The molecule has 0 bridgehead atoms. The Bertz CT molecular complexity index is 749. The fourth-order valence-electron chi connectivity index (χ4n) is 2.96. The standard InChI is InChI=1S/C16H16F6N2O4/c1-3-28-12(25)10-11(8-4-6-9(7-5-8)15(17,18)19)23-13(26)24(2)14(10,27)16(20,21)22/h4-7,10-11,27H,3H2,1-2H3,(H,23,26)/t10-,11+,14+/m0/s1. The number of alkyl halides is 6. The van der Waals surface area contributed by atoms with E-state index in [0.717, 1.165) is 12.1 Å². The molecule has 2 N–H and O–H groups in total. The average molecular weight is 414 g/mol. The van der Waals surface area contributed by atoms with Gasteiger partial charge in [0.25, 0.3) is 5.72 Å². The van der Waals surface area contributed by atoms with E-state index in [0.29, 0.717) is 19.2 Å². The van der Waals surface area contributed by atoms with Gasteiger partial charge in [-0.2, -0.15) is 26.3 Å². The first-order valence-corrected chi connectivity index (χ1v) is 7.92. The number of aliphatic hydroxyl groups is 1. The highest BCUT2D eigenvalue weighted by Crippen LogP contribution is 2.47. The van der Waals surface area contributed by atoms with E-state index in [-0.39, 0.29) is 17.1 Å². The summed E-state index contributed by atoms with van der Waals surface area (Å²) in [6.45, 7) is 1.00. The van der Waals surface area contributed by atoms with Gasteiger partial charge in [-0.15, -0.1) is 0 Å². The summed E-state index contributed by atoms with van der Waals surface area (Å²) in [7, 11) is 0.637. The third kappa shape index (κ3) is 3.60. The Kier molecular flexibility index (Phi) is 5.57. The second-order valence-corrected chi connectivity index (χ2v) is 6.06. The number of amides is 2. The second kappa shape index (κ2) is 7.15. The van der Waals surface area contributed by atoms with Gasteiger partial charge in [0.1, 0.15) is 5.92 Å². The molecule has 1 aliphatic rings. The number of nitrogens with zero attached hydrogens (tertiary/aromatic N) is 1. The molecule has 1 aromatic carbocycles. The number of urea groups is 1. The molecule has 1 aromatic rings. The van der Waals surface area contributed by atoms with Crippen molar-refractivity contribution in [3.05, 3.63) is 35.4 Å². The fourth-order valence-corrected chi connectivity index (χ4v) is 2.96. The zero-order chi connectivity index (χ0) is 21.5. The minimum absolute atomic E-state index is 0.0881. The van der Waals surface area contributed by atoms with Crippen LogP contribution < -0.4 is 5.32 Å². The Labute approximate surface area is 155 Å². The maximum atomic E-state index is 13.7. The zero-order valence-corrected chi connectivity index (χ0v) is 14.6. The van der Waals surface area contributed by atoms with Crippen LogP contribution in [-0.4, -0.2) is 47.6 Å². The number of halogens is 6. The molecule has 12 heteroatoms. The van der Waals surface area contributed by atoms with Crippen molar-refractivity contribution in [2.24, 2.45) is 5.92 Å². The smallest absolute Gasteiger partial charge is 0.437 e. The van der Waals surface area contributed by atoms with Gasteiger partial charge in [-0.1, -0.05) is 12.1 Å². The van der Waals surface area contributed by atoms with Gasteiger partial charge in [0.2, 0.25) is 0 Å². The predicted octanol–water partition coefficient (Wildman–Crippen LogP) is 2.83. The minimum atomic E-state index is -5.46. The van der Waals surface area contributed by atoms with Crippen LogP contribution in [0.25, 0.3) is 0 Å². The lowest BCUT2D eigenvalue weighted by atomic mass is 9.81. The summed E-state index contributed by atoms with van der Waals surface area (Å²) in [6.07, 6.45) is -10.1. The molecule has 0 aliphatic carbocycles. The number of hydrogen-bond donors (Lipinski definition) is 2. The number of carbonyl (C=O) groups is 2. The first kappa shape index (κ1) is 21.8. The van der Waals surface area contributed by atoms with Crippen LogP contribution in [0, 0.1) is 5.92 Å². The Morgan fingerprint density at radius 1 is 1.21 bits per heavy atom. The van der Waals surface area contributed by atoms with Crippen LogP contribution in [0.3, 0.4) is 0 Å². The Morgan fingerprint density at radius 3 is 2.18 bits per heavy atom. The number of ether oxygens (including phenoxy) is 1. The van der Waals surface area contributed by atoms with Gasteiger partial charge in [-0.05, 0) is 24.6 Å². The SMILES string of the molecule is CCOC(=O)[C@@H]1[C@@H](c2ccc(C(F)(F)F)cc2)NC(=O)N(C)[C@]1(O)C(F)(F)F. The molecule has 0 unspecified atom stereocenters. The molecular weight excluding hydrogens is 398 g/mol. The van der Waals surface area contributed by atoms with E-state index in [1.54, 1.807) is 0 Å². The van der Waals surface area contributed by atoms with E-state index >= 15 is 0 Å². The Hall–Kier alpha value is -2.50. The van der Waals surface area contributed by atoms with E-state index in [1.807, 2.05) is 0 Å². The highest BCUT2D eigenvalue weighted by Gasteiger charge is 2.69. The largest absolute Gasteiger partial charge is 0.466 e. The molecule has 1 saturated heterocycles. The van der Waals surface area contributed by atoms with Gasteiger partial charge in [-0.3, -0.25) is 9.69 Å². The topological polar surface area (TPSA) is 78.9 Å². The lowest BCUT2D eigenvalue weighted by Crippen LogP contribution is -2.73. The summed E-state index contributed by atoms with van der Waals surface area (Å²) >= 11 is 0. The molecule has 28 heavy (non-hydrogen) atoms. The number of nitrogens with one attached hydrogen (secondary N) is 1.